The first kappa shape index (κ1) is 20.9. The number of para-hydroxylation sites is 1. The van der Waals surface area contributed by atoms with Gasteiger partial charge in [0, 0.05) is 11.1 Å². The lowest BCUT2D eigenvalue weighted by molar-refractivity contribution is -0.113. The van der Waals surface area contributed by atoms with E-state index in [1.54, 1.807) is 28.4 Å². The predicted octanol–water partition coefficient (Wildman–Crippen LogP) is 6.04. The summed E-state index contributed by atoms with van der Waals surface area (Å²) in [5, 5.41) is 4.11. The highest BCUT2D eigenvalue weighted by Gasteiger charge is 2.35. The van der Waals surface area contributed by atoms with E-state index >= 15 is 0 Å². The van der Waals surface area contributed by atoms with Gasteiger partial charge in [-0.05, 0) is 51.7 Å². The lowest BCUT2D eigenvalue weighted by atomic mass is 9.91. The van der Waals surface area contributed by atoms with Crippen LogP contribution < -0.4 is 4.90 Å². The molecule has 0 bridgehead atoms. The van der Waals surface area contributed by atoms with Gasteiger partial charge in [0.1, 0.15) is 0 Å². The van der Waals surface area contributed by atoms with Crippen molar-refractivity contribution < 1.29 is 14.3 Å². The number of esters is 1. The van der Waals surface area contributed by atoms with Gasteiger partial charge in [0.15, 0.2) is 0 Å². The van der Waals surface area contributed by atoms with Crippen LogP contribution in [0.2, 0.25) is 0 Å². The number of carbonyl (C=O) groups excluding carboxylic acids is 2. The number of hydrogen-bond donors (Lipinski definition) is 0. The predicted molar refractivity (Wildman–Crippen MR) is 132 cm³/mol. The number of hydrogen-bond acceptors (Lipinski definition) is 4. The molecule has 5 heteroatoms. The van der Waals surface area contributed by atoms with E-state index in [2.05, 4.69) is 11.4 Å². The summed E-state index contributed by atoms with van der Waals surface area (Å²) in [5.74, 6) is -0.445. The number of fused-ring (bicyclic) bond motifs is 1. The number of anilines is 1. The number of methoxy groups -OCH3 is 1. The first-order valence-corrected chi connectivity index (χ1v) is 11.5. The fourth-order valence-electron chi connectivity index (χ4n) is 4.24. The fraction of sp³-hybridized carbons (Fsp3) is 0.0714. The van der Waals surface area contributed by atoms with Crippen molar-refractivity contribution in [2.24, 2.45) is 0 Å². The van der Waals surface area contributed by atoms with Crippen LogP contribution in [0, 0.1) is 0 Å². The molecule has 0 spiro atoms. The zero-order valence-corrected chi connectivity index (χ0v) is 18.8. The summed E-state index contributed by atoms with van der Waals surface area (Å²) in [6, 6.07) is 27.2. The molecule has 162 valence electrons. The molecule has 1 amide bonds. The van der Waals surface area contributed by atoms with E-state index in [1.807, 2.05) is 72.1 Å². The summed E-state index contributed by atoms with van der Waals surface area (Å²) >= 11 is 1.61. The highest BCUT2D eigenvalue weighted by Crippen LogP contribution is 2.43. The van der Waals surface area contributed by atoms with Crippen LogP contribution in [0.4, 0.5) is 5.69 Å². The molecule has 33 heavy (non-hydrogen) atoms. The van der Waals surface area contributed by atoms with Gasteiger partial charge in [0.2, 0.25) is 0 Å². The molecule has 1 aromatic heterocycles. The maximum absolute atomic E-state index is 13.9. The smallest absolute Gasteiger partial charge is 0.337 e. The Morgan fingerprint density at radius 2 is 1.64 bits per heavy atom. The monoisotopic (exact) mass is 451 g/mol. The highest BCUT2D eigenvalue weighted by molar-refractivity contribution is 7.08. The third kappa shape index (κ3) is 3.88. The quantitative estimate of drug-likeness (QED) is 0.274. The van der Waals surface area contributed by atoms with Crippen molar-refractivity contribution in [1.82, 2.24) is 0 Å². The van der Waals surface area contributed by atoms with Crippen LogP contribution in [0.25, 0.3) is 11.1 Å². The third-order valence-electron chi connectivity index (χ3n) is 5.73. The Morgan fingerprint density at radius 3 is 2.39 bits per heavy atom. The Kier molecular flexibility index (Phi) is 5.63. The molecule has 0 saturated carbocycles. The number of thiophene rings is 1. The van der Waals surface area contributed by atoms with Crippen molar-refractivity contribution in [1.29, 1.82) is 0 Å². The summed E-state index contributed by atoms with van der Waals surface area (Å²) in [5.41, 5.74) is 6.76. The molecule has 5 rings (SSSR count). The van der Waals surface area contributed by atoms with Crippen LogP contribution in [0.1, 0.15) is 32.6 Å². The maximum Gasteiger partial charge on any atom is 0.337 e. The topological polar surface area (TPSA) is 46.6 Å². The fourth-order valence-corrected chi connectivity index (χ4v) is 4.89. The number of rotatable bonds is 5. The second kappa shape index (κ2) is 8.88. The second-order valence-corrected chi connectivity index (χ2v) is 8.51. The Balaban J connectivity index is 1.65. The zero-order chi connectivity index (χ0) is 22.8. The molecular weight excluding hydrogens is 430 g/mol. The molecule has 3 aromatic carbocycles. The van der Waals surface area contributed by atoms with E-state index in [9.17, 15) is 9.59 Å². The minimum Gasteiger partial charge on any atom is -0.465 e. The molecule has 1 aliphatic rings. The van der Waals surface area contributed by atoms with Gasteiger partial charge in [0.25, 0.3) is 5.91 Å². The standard InChI is InChI=1S/C28H21NO3S/c1-32-28(31)21-11-7-8-19(16-21)17-29-24-13-6-5-12-23(24)26(27(29)30)25(22-14-15-33-18-22)20-9-3-2-4-10-20/h2-16,18H,17H2,1H3. The maximum atomic E-state index is 13.9. The summed E-state index contributed by atoms with van der Waals surface area (Å²) in [6.07, 6.45) is 0. The minimum atomic E-state index is -0.394. The molecule has 0 aliphatic carbocycles. The minimum absolute atomic E-state index is 0.0512. The van der Waals surface area contributed by atoms with Crippen LogP contribution in [0.3, 0.4) is 0 Å². The largest absolute Gasteiger partial charge is 0.465 e. The van der Waals surface area contributed by atoms with Crippen LogP contribution in [0.15, 0.2) is 95.7 Å². The van der Waals surface area contributed by atoms with Crippen LogP contribution >= 0.6 is 11.3 Å². The van der Waals surface area contributed by atoms with E-state index < -0.39 is 5.97 Å². The normalized spacial score (nSPS) is 14.2. The van der Waals surface area contributed by atoms with Crippen molar-refractivity contribution in [2.45, 2.75) is 6.54 Å². The van der Waals surface area contributed by atoms with E-state index in [4.69, 9.17) is 4.74 Å². The van der Waals surface area contributed by atoms with Gasteiger partial charge in [-0.15, -0.1) is 0 Å². The Labute approximate surface area is 196 Å². The molecule has 0 unspecified atom stereocenters. The van der Waals surface area contributed by atoms with E-state index in [1.165, 1.54) is 7.11 Å². The van der Waals surface area contributed by atoms with Crippen molar-refractivity contribution in [3.8, 4) is 0 Å². The lowest BCUT2D eigenvalue weighted by Crippen LogP contribution is -2.26. The van der Waals surface area contributed by atoms with E-state index in [0.29, 0.717) is 17.7 Å². The molecule has 0 atom stereocenters. The number of nitrogens with zero attached hydrogens (tertiary/aromatic N) is 1. The summed E-state index contributed by atoms with van der Waals surface area (Å²) in [4.78, 5) is 27.7. The molecule has 0 N–H and O–H groups in total. The van der Waals surface area contributed by atoms with Crippen molar-refractivity contribution in [3.63, 3.8) is 0 Å². The van der Waals surface area contributed by atoms with Crippen LogP contribution in [-0.4, -0.2) is 19.0 Å². The van der Waals surface area contributed by atoms with Crippen molar-refractivity contribution >= 4 is 40.0 Å². The van der Waals surface area contributed by atoms with E-state index in [0.717, 1.165) is 33.5 Å². The number of carbonyl (C=O) groups is 2. The average Bonchev–Trinajstić information content (AvgIpc) is 3.48. The number of benzene rings is 3. The Morgan fingerprint density at radius 1 is 0.879 bits per heavy atom. The molecule has 0 fully saturated rings. The SMILES string of the molecule is COC(=O)c1cccc(CN2C(=O)C(=C(c3ccccc3)c3ccsc3)c3ccccc32)c1. The summed E-state index contributed by atoms with van der Waals surface area (Å²) in [7, 11) is 1.36. The average molecular weight is 452 g/mol. The van der Waals surface area contributed by atoms with Gasteiger partial charge in [-0.3, -0.25) is 4.79 Å². The van der Waals surface area contributed by atoms with Gasteiger partial charge in [-0.25, -0.2) is 4.79 Å². The van der Waals surface area contributed by atoms with Crippen LogP contribution in [-0.2, 0) is 16.1 Å². The van der Waals surface area contributed by atoms with Crippen molar-refractivity contribution in [3.05, 3.63) is 124 Å². The van der Waals surface area contributed by atoms with E-state index in [-0.39, 0.29) is 5.91 Å². The number of amides is 1. The molecule has 0 saturated heterocycles. The van der Waals surface area contributed by atoms with Crippen LogP contribution in [0.5, 0.6) is 0 Å². The first-order chi connectivity index (χ1) is 16.2. The Hall–Kier alpha value is -3.96. The van der Waals surface area contributed by atoms with Gasteiger partial charge >= 0.3 is 5.97 Å². The molecular formula is C28H21NO3S. The summed E-state index contributed by atoms with van der Waals surface area (Å²) < 4.78 is 4.85. The first-order valence-electron chi connectivity index (χ1n) is 10.6. The van der Waals surface area contributed by atoms with Gasteiger partial charge < -0.3 is 9.64 Å². The van der Waals surface area contributed by atoms with Gasteiger partial charge in [-0.1, -0.05) is 60.7 Å². The van der Waals surface area contributed by atoms with Gasteiger partial charge in [-0.2, -0.15) is 11.3 Å². The molecule has 2 heterocycles. The summed E-state index contributed by atoms with van der Waals surface area (Å²) in [6.45, 7) is 0.357. The molecule has 4 aromatic rings. The Bertz CT molecular complexity index is 1360. The molecule has 0 radical (unpaired) electrons. The zero-order valence-electron chi connectivity index (χ0n) is 18.0. The third-order valence-corrected chi connectivity index (χ3v) is 6.42. The lowest BCUT2D eigenvalue weighted by Gasteiger charge is -2.18. The molecule has 4 nitrogen and oxygen atoms in total. The highest BCUT2D eigenvalue weighted by atomic mass is 32.1. The number of ether oxygens (including phenoxy) is 1. The van der Waals surface area contributed by atoms with Crippen molar-refractivity contribution in [2.75, 3.05) is 12.0 Å². The second-order valence-electron chi connectivity index (χ2n) is 7.73. The molecule has 1 aliphatic heterocycles. The van der Waals surface area contributed by atoms with Gasteiger partial charge in [0.05, 0.1) is 30.5 Å².